The van der Waals surface area contributed by atoms with Crippen LogP contribution in [0.25, 0.3) is 0 Å². The number of hydrogen-bond acceptors (Lipinski definition) is 1. The number of carbonyl (C=O) groups is 1. The van der Waals surface area contributed by atoms with Crippen molar-refractivity contribution in [1.29, 1.82) is 0 Å². The number of allylic oxidation sites excluding steroid dienone is 1. The smallest absolute Gasteiger partial charge is 0.346 e. The maximum atomic E-state index is 11.5. The maximum Gasteiger partial charge on any atom is 0.346 e. The van der Waals surface area contributed by atoms with Crippen molar-refractivity contribution in [1.82, 2.24) is 0 Å². The van der Waals surface area contributed by atoms with Gasteiger partial charge in [-0.25, -0.2) is 13.6 Å². The van der Waals surface area contributed by atoms with Crippen molar-refractivity contribution < 1.29 is 18.7 Å². The second-order valence-corrected chi connectivity index (χ2v) is 2.23. The van der Waals surface area contributed by atoms with Crippen LogP contribution in [-0.4, -0.2) is 17.5 Å². The van der Waals surface area contributed by atoms with Crippen LogP contribution in [0.3, 0.4) is 0 Å². The van der Waals surface area contributed by atoms with Crippen molar-refractivity contribution in [2.24, 2.45) is 0 Å². The molecule has 0 aliphatic carbocycles. The van der Waals surface area contributed by atoms with Gasteiger partial charge in [0.2, 0.25) is 6.43 Å². The van der Waals surface area contributed by atoms with E-state index in [0.29, 0.717) is 0 Å². The van der Waals surface area contributed by atoms with E-state index in [1.54, 1.807) is 0 Å². The first kappa shape index (κ1) is 10.4. The van der Waals surface area contributed by atoms with Crippen molar-refractivity contribution in [3.8, 4) is 0 Å². The minimum absolute atomic E-state index is 0.0111. The molecule has 0 aromatic rings. The molecule has 64 valence electrons. The summed E-state index contributed by atoms with van der Waals surface area (Å²) in [6.45, 7) is 0. The van der Waals surface area contributed by atoms with E-state index in [4.69, 9.17) is 16.7 Å². The SMILES string of the molecule is O=C(O)C(Cl)=CCCC(F)F. The Morgan fingerprint density at radius 3 is 2.55 bits per heavy atom. The molecule has 0 radical (unpaired) electrons. The average Bonchev–Trinajstić information content (AvgIpc) is 1.86. The van der Waals surface area contributed by atoms with Gasteiger partial charge in [0.05, 0.1) is 0 Å². The fraction of sp³-hybridized carbons (Fsp3) is 0.500. The normalized spacial score (nSPS) is 12.2. The first-order valence-corrected chi connectivity index (χ1v) is 3.29. The van der Waals surface area contributed by atoms with E-state index in [0.717, 1.165) is 6.08 Å². The molecule has 0 rings (SSSR count). The molecule has 0 saturated carbocycles. The molecular formula is C6H7ClF2O2. The fourth-order valence-corrected chi connectivity index (χ4v) is 0.532. The zero-order chi connectivity index (χ0) is 8.85. The highest BCUT2D eigenvalue weighted by Gasteiger charge is 2.03. The quantitative estimate of drug-likeness (QED) is 0.681. The molecule has 0 bridgehead atoms. The first-order valence-electron chi connectivity index (χ1n) is 2.91. The monoisotopic (exact) mass is 184 g/mol. The summed E-state index contributed by atoms with van der Waals surface area (Å²) in [5.41, 5.74) is 0. The van der Waals surface area contributed by atoms with Crippen molar-refractivity contribution in [2.45, 2.75) is 19.3 Å². The van der Waals surface area contributed by atoms with Gasteiger partial charge in [-0.2, -0.15) is 0 Å². The third-order valence-electron chi connectivity index (χ3n) is 0.913. The molecule has 1 N–H and O–H groups in total. The summed E-state index contributed by atoms with van der Waals surface area (Å²) < 4.78 is 22.9. The van der Waals surface area contributed by atoms with E-state index in [2.05, 4.69) is 0 Å². The van der Waals surface area contributed by atoms with E-state index in [1.165, 1.54) is 0 Å². The van der Waals surface area contributed by atoms with Crippen LogP contribution < -0.4 is 0 Å². The fourth-order valence-electron chi connectivity index (χ4n) is 0.423. The Labute approximate surface area is 67.5 Å². The van der Waals surface area contributed by atoms with Crippen molar-refractivity contribution in [3.63, 3.8) is 0 Å². The zero-order valence-electron chi connectivity index (χ0n) is 5.56. The van der Waals surface area contributed by atoms with E-state index in [-0.39, 0.29) is 12.8 Å². The topological polar surface area (TPSA) is 37.3 Å². The molecule has 2 nitrogen and oxygen atoms in total. The molecule has 0 aromatic heterocycles. The molecule has 0 heterocycles. The van der Waals surface area contributed by atoms with Crippen LogP contribution in [-0.2, 0) is 4.79 Å². The molecule has 0 spiro atoms. The number of rotatable bonds is 4. The second-order valence-electron chi connectivity index (χ2n) is 1.83. The second kappa shape index (κ2) is 5.07. The van der Waals surface area contributed by atoms with Gasteiger partial charge in [0.15, 0.2) is 0 Å². The number of hydrogen-bond donors (Lipinski definition) is 1. The van der Waals surface area contributed by atoms with Gasteiger partial charge in [0.25, 0.3) is 0 Å². The molecule has 5 heteroatoms. The molecule has 0 aromatic carbocycles. The average molecular weight is 185 g/mol. The van der Waals surface area contributed by atoms with Gasteiger partial charge in [-0.05, 0) is 6.42 Å². The van der Waals surface area contributed by atoms with E-state index in [9.17, 15) is 13.6 Å². The predicted octanol–water partition coefficient (Wildman–Crippen LogP) is 2.24. The van der Waals surface area contributed by atoms with Crippen LogP contribution >= 0.6 is 11.6 Å². The van der Waals surface area contributed by atoms with Crippen LogP contribution in [0.15, 0.2) is 11.1 Å². The molecule has 0 aliphatic heterocycles. The van der Waals surface area contributed by atoms with Gasteiger partial charge in [-0.1, -0.05) is 17.7 Å². The lowest BCUT2D eigenvalue weighted by atomic mass is 10.3. The third kappa shape index (κ3) is 5.79. The molecule has 11 heavy (non-hydrogen) atoms. The first-order chi connectivity index (χ1) is 5.04. The molecule has 0 amide bonds. The molecule has 0 saturated heterocycles. The van der Waals surface area contributed by atoms with Gasteiger partial charge >= 0.3 is 5.97 Å². The summed E-state index contributed by atoms with van der Waals surface area (Å²) in [5, 5.41) is 7.75. The van der Waals surface area contributed by atoms with Crippen LogP contribution in [0.5, 0.6) is 0 Å². The number of carboxylic acid groups (broad SMARTS) is 1. The van der Waals surface area contributed by atoms with Gasteiger partial charge in [0, 0.05) is 6.42 Å². The van der Waals surface area contributed by atoms with Crippen LogP contribution in [0.1, 0.15) is 12.8 Å². The Hall–Kier alpha value is -0.640. The molecule has 0 unspecified atom stereocenters. The summed E-state index contributed by atoms with van der Waals surface area (Å²) in [7, 11) is 0. The highest BCUT2D eigenvalue weighted by molar-refractivity contribution is 6.40. The summed E-state index contributed by atoms with van der Waals surface area (Å²) in [6.07, 6.45) is -1.72. The summed E-state index contributed by atoms with van der Waals surface area (Å²) in [5.74, 6) is -1.29. The van der Waals surface area contributed by atoms with E-state index >= 15 is 0 Å². The molecular weight excluding hydrogens is 178 g/mol. The highest BCUT2D eigenvalue weighted by atomic mass is 35.5. The zero-order valence-corrected chi connectivity index (χ0v) is 6.31. The summed E-state index contributed by atoms with van der Waals surface area (Å²) in [4.78, 5) is 9.99. The summed E-state index contributed by atoms with van der Waals surface area (Å²) >= 11 is 5.12. The van der Waals surface area contributed by atoms with Crippen LogP contribution in [0.2, 0.25) is 0 Å². The Balaban J connectivity index is 3.65. The van der Waals surface area contributed by atoms with Gasteiger partial charge in [-0.3, -0.25) is 0 Å². The van der Waals surface area contributed by atoms with Crippen molar-refractivity contribution in [3.05, 3.63) is 11.1 Å². The number of halogens is 3. The Morgan fingerprint density at radius 2 is 2.18 bits per heavy atom. The lowest BCUT2D eigenvalue weighted by Gasteiger charge is -1.93. The maximum absolute atomic E-state index is 11.5. The highest BCUT2D eigenvalue weighted by Crippen LogP contribution is 2.08. The predicted molar refractivity (Wildman–Crippen MR) is 36.8 cm³/mol. The van der Waals surface area contributed by atoms with Gasteiger partial charge in [-0.15, -0.1) is 0 Å². The summed E-state index contributed by atoms with van der Waals surface area (Å²) in [6, 6.07) is 0. The number of carboxylic acids is 1. The third-order valence-corrected chi connectivity index (χ3v) is 1.23. The van der Waals surface area contributed by atoms with Gasteiger partial charge < -0.3 is 5.11 Å². The standard InChI is InChI=1S/C6H7ClF2O2/c7-4(6(10)11)2-1-3-5(8)9/h2,5H,1,3H2,(H,10,11). The number of alkyl halides is 2. The van der Waals surface area contributed by atoms with E-state index < -0.39 is 17.4 Å². The Bertz CT molecular complexity index is 168. The Kier molecular flexibility index (Phi) is 4.77. The van der Waals surface area contributed by atoms with E-state index in [1.807, 2.05) is 0 Å². The Morgan fingerprint density at radius 1 is 1.64 bits per heavy atom. The van der Waals surface area contributed by atoms with Crippen LogP contribution in [0.4, 0.5) is 8.78 Å². The van der Waals surface area contributed by atoms with Gasteiger partial charge in [0.1, 0.15) is 5.03 Å². The minimum atomic E-state index is -2.41. The van der Waals surface area contributed by atoms with Crippen molar-refractivity contribution >= 4 is 17.6 Å². The largest absolute Gasteiger partial charge is 0.477 e. The van der Waals surface area contributed by atoms with Crippen LogP contribution in [0, 0.1) is 0 Å². The molecule has 0 atom stereocenters. The molecule has 0 aliphatic rings. The lowest BCUT2D eigenvalue weighted by molar-refractivity contribution is -0.131. The minimum Gasteiger partial charge on any atom is -0.477 e. The van der Waals surface area contributed by atoms with Crippen molar-refractivity contribution in [2.75, 3.05) is 0 Å². The molecule has 0 fully saturated rings. The lowest BCUT2D eigenvalue weighted by Crippen LogP contribution is -1.94. The number of aliphatic carboxylic acids is 1.